The van der Waals surface area contributed by atoms with Crippen LogP contribution in [-0.4, -0.2) is 30.8 Å². The molecule has 0 heterocycles. The maximum Gasteiger partial charge on any atom is 0.336 e. The van der Waals surface area contributed by atoms with E-state index in [-0.39, 0.29) is 17.0 Å². The predicted octanol–water partition coefficient (Wildman–Crippen LogP) is 4.49. The molecular weight excluding hydrogens is 386 g/mol. The third-order valence-corrected chi connectivity index (χ3v) is 6.70. The lowest BCUT2D eigenvalue weighted by atomic mass is 9.94. The van der Waals surface area contributed by atoms with Gasteiger partial charge in [-0.2, -0.15) is 4.31 Å². The van der Waals surface area contributed by atoms with Crippen molar-refractivity contribution in [1.29, 1.82) is 0 Å². The summed E-state index contributed by atoms with van der Waals surface area (Å²) in [6.45, 7) is 3.95. The number of carboxylic acid groups (broad SMARTS) is 1. The van der Waals surface area contributed by atoms with Gasteiger partial charge in [0.1, 0.15) is 0 Å². The van der Waals surface area contributed by atoms with Gasteiger partial charge < -0.3 is 5.11 Å². The first-order valence-corrected chi connectivity index (χ1v) is 10.6. The average molecular weight is 410 g/mol. The number of sulfonamides is 1. The van der Waals surface area contributed by atoms with Gasteiger partial charge in [-0.05, 0) is 60.4 Å². The molecule has 0 saturated carbocycles. The second-order valence-corrected chi connectivity index (χ2v) is 9.12. The summed E-state index contributed by atoms with van der Waals surface area (Å²) in [5, 5.41) is 9.58. The van der Waals surface area contributed by atoms with Gasteiger partial charge in [-0.15, -0.1) is 0 Å². The molecule has 0 aliphatic carbocycles. The van der Waals surface area contributed by atoms with Gasteiger partial charge in [-0.3, -0.25) is 0 Å². The topological polar surface area (TPSA) is 74.7 Å². The Hall–Kier alpha value is -2.96. The van der Waals surface area contributed by atoms with Crippen LogP contribution in [0.3, 0.4) is 0 Å². The summed E-state index contributed by atoms with van der Waals surface area (Å²) < 4.78 is 27.0. The Morgan fingerprint density at radius 1 is 0.931 bits per heavy atom. The van der Waals surface area contributed by atoms with Crippen LogP contribution in [0.2, 0.25) is 0 Å². The summed E-state index contributed by atoms with van der Waals surface area (Å²) in [5.74, 6) is -1.02. The lowest BCUT2D eigenvalue weighted by Gasteiger charge is -2.19. The standard InChI is InChI=1S/C23H23NO4S/c1-16-8-11-19(12-9-16)29(27,28)24(3)15-18-10-13-21(23(25)26)22(14-18)20-7-5-4-6-17(20)2/h4-14H,15H2,1-3H3,(H,25,26). The van der Waals surface area contributed by atoms with Gasteiger partial charge in [-0.1, -0.05) is 48.0 Å². The smallest absolute Gasteiger partial charge is 0.336 e. The van der Waals surface area contributed by atoms with E-state index in [4.69, 9.17) is 0 Å². The first-order valence-electron chi connectivity index (χ1n) is 9.15. The second kappa shape index (κ2) is 8.19. The zero-order valence-corrected chi connectivity index (χ0v) is 17.4. The molecule has 3 aromatic carbocycles. The van der Waals surface area contributed by atoms with Crippen LogP contribution in [0.1, 0.15) is 27.0 Å². The van der Waals surface area contributed by atoms with E-state index in [0.29, 0.717) is 11.1 Å². The number of carbonyl (C=O) groups is 1. The van der Waals surface area contributed by atoms with Gasteiger partial charge in [-0.25, -0.2) is 13.2 Å². The minimum atomic E-state index is -3.65. The van der Waals surface area contributed by atoms with Crippen molar-refractivity contribution in [2.75, 3.05) is 7.05 Å². The summed E-state index contributed by atoms with van der Waals surface area (Å²) in [4.78, 5) is 11.9. The van der Waals surface area contributed by atoms with Crippen molar-refractivity contribution in [2.45, 2.75) is 25.3 Å². The maximum atomic E-state index is 12.9. The second-order valence-electron chi connectivity index (χ2n) is 7.07. The monoisotopic (exact) mass is 409 g/mol. The molecule has 0 aliphatic rings. The Balaban J connectivity index is 1.97. The van der Waals surface area contributed by atoms with Gasteiger partial charge in [0.15, 0.2) is 0 Å². The van der Waals surface area contributed by atoms with Crippen molar-refractivity contribution >= 4 is 16.0 Å². The minimum absolute atomic E-state index is 0.134. The summed E-state index contributed by atoms with van der Waals surface area (Å²) in [6, 6.07) is 19.2. The van der Waals surface area contributed by atoms with Gasteiger partial charge in [0, 0.05) is 13.6 Å². The third-order valence-electron chi connectivity index (χ3n) is 4.88. The van der Waals surface area contributed by atoms with E-state index in [1.165, 1.54) is 17.4 Å². The van der Waals surface area contributed by atoms with Gasteiger partial charge in [0.05, 0.1) is 10.5 Å². The molecule has 0 amide bonds. The largest absolute Gasteiger partial charge is 0.478 e. The number of aromatic carboxylic acids is 1. The molecule has 6 heteroatoms. The van der Waals surface area contributed by atoms with E-state index < -0.39 is 16.0 Å². The lowest BCUT2D eigenvalue weighted by Crippen LogP contribution is -2.26. The molecule has 1 N–H and O–H groups in total. The molecule has 0 atom stereocenters. The van der Waals surface area contributed by atoms with Crippen LogP contribution in [0.5, 0.6) is 0 Å². The molecule has 0 aliphatic heterocycles. The van der Waals surface area contributed by atoms with E-state index in [0.717, 1.165) is 16.7 Å². The van der Waals surface area contributed by atoms with Crippen LogP contribution in [0.15, 0.2) is 71.6 Å². The first kappa shape index (κ1) is 20.8. The van der Waals surface area contributed by atoms with Crippen molar-refractivity contribution in [2.24, 2.45) is 0 Å². The van der Waals surface area contributed by atoms with Crippen LogP contribution in [0.25, 0.3) is 11.1 Å². The number of aryl methyl sites for hydroxylation is 2. The summed E-state index contributed by atoms with van der Waals surface area (Å²) >= 11 is 0. The number of hydrogen-bond acceptors (Lipinski definition) is 3. The van der Waals surface area contributed by atoms with Crippen LogP contribution in [-0.2, 0) is 16.6 Å². The normalized spacial score (nSPS) is 11.6. The average Bonchev–Trinajstić information content (AvgIpc) is 2.68. The molecule has 150 valence electrons. The Labute approximate surface area is 171 Å². The maximum absolute atomic E-state index is 12.9. The zero-order chi connectivity index (χ0) is 21.2. The molecule has 29 heavy (non-hydrogen) atoms. The first-order chi connectivity index (χ1) is 13.7. The number of nitrogens with zero attached hydrogens (tertiary/aromatic N) is 1. The van der Waals surface area contributed by atoms with E-state index in [2.05, 4.69) is 0 Å². The summed E-state index contributed by atoms with van der Waals surface area (Å²) in [6.07, 6.45) is 0. The van der Waals surface area contributed by atoms with E-state index >= 15 is 0 Å². The zero-order valence-electron chi connectivity index (χ0n) is 16.6. The highest BCUT2D eigenvalue weighted by atomic mass is 32.2. The van der Waals surface area contributed by atoms with Crippen molar-refractivity contribution in [1.82, 2.24) is 4.31 Å². The molecule has 3 rings (SSSR count). The van der Waals surface area contributed by atoms with E-state index in [1.807, 2.05) is 38.1 Å². The van der Waals surface area contributed by atoms with Crippen LogP contribution >= 0.6 is 0 Å². The third kappa shape index (κ3) is 4.39. The fourth-order valence-electron chi connectivity index (χ4n) is 3.21. The molecule has 0 fully saturated rings. The molecular formula is C23H23NO4S. The molecule has 0 radical (unpaired) electrons. The van der Waals surface area contributed by atoms with E-state index in [9.17, 15) is 18.3 Å². The highest BCUT2D eigenvalue weighted by molar-refractivity contribution is 7.89. The Morgan fingerprint density at radius 2 is 1.59 bits per heavy atom. The van der Waals surface area contributed by atoms with E-state index in [1.54, 1.807) is 36.4 Å². The Kier molecular flexibility index (Phi) is 5.86. The minimum Gasteiger partial charge on any atom is -0.478 e. The molecule has 3 aromatic rings. The van der Waals surface area contributed by atoms with Crippen LogP contribution in [0, 0.1) is 13.8 Å². The SMILES string of the molecule is Cc1ccc(S(=O)(=O)N(C)Cc2ccc(C(=O)O)c(-c3ccccc3C)c2)cc1. The van der Waals surface area contributed by atoms with Crippen molar-refractivity contribution in [3.63, 3.8) is 0 Å². The van der Waals surface area contributed by atoms with Gasteiger partial charge in [0.25, 0.3) is 0 Å². The Bertz CT molecular complexity index is 1150. The number of benzene rings is 3. The lowest BCUT2D eigenvalue weighted by molar-refractivity contribution is 0.0697. The van der Waals surface area contributed by atoms with Gasteiger partial charge in [0.2, 0.25) is 10.0 Å². The molecule has 0 unspecified atom stereocenters. The summed E-state index contributed by atoms with van der Waals surface area (Å²) in [5.41, 5.74) is 4.23. The highest BCUT2D eigenvalue weighted by Crippen LogP contribution is 2.29. The number of hydrogen-bond donors (Lipinski definition) is 1. The van der Waals surface area contributed by atoms with Crippen LogP contribution in [0.4, 0.5) is 0 Å². The van der Waals surface area contributed by atoms with Crippen molar-refractivity contribution in [3.05, 3.63) is 89.0 Å². The fraction of sp³-hybridized carbons (Fsp3) is 0.174. The fourth-order valence-corrected chi connectivity index (χ4v) is 4.37. The molecule has 0 bridgehead atoms. The summed E-state index contributed by atoms with van der Waals surface area (Å²) in [7, 11) is -2.13. The van der Waals surface area contributed by atoms with Gasteiger partial charge >= 0.3 is 5.97 Å². The molecule has 5 nitrogen and oxygen atoms in total. The Morgan fingerprint density at radius 3 is 2.21 bits per heavy atom. The molecule has 0 spiro atoms. The number of rotatable bonds is 6. The highest BCUT2D eigenvalue weighted by Gasteiger charge is 2.22. The molecule has 0 aromatic heterocycles. The van der Waals surface area contributed by atoms with Crippen LogP contribution < -0.4 is 0 Å². The number of carboxylic acids is 1. The predicted molar refractivity (Wildman–Crippen MR) is 113 cm³/mol. The van der Waals surface area contributed by atoms with Crippen molar-refractivity contribution < 1.29 is 18.3 Å². The van der Waals surface area contributed by atoms with Crippen molar-refractivity contribution in [3.8, 4) is 11.1 Å². The quantitative estimate of drug-likeness (QED) is 0.651. The molecule has 0 saturated heterocycles.